The lowest BCUT2D eigenvalue weighted by Crippen LogP contribution is -2.27. The lowest BCUT2D eigenvalue weighted by atomic mass is 9.92. The van der Waals surface area contributed by atoms with Gasteiger partial charge in [-0.25, -0.2) is 0 Å². The minimum absolute atomic E-state index is 0.0185. The van der Waals surface area contributed by atoms with Gasteiger partial charge in [-0.2, -0.15) is 0 Å². The Balaban J connectivity index is 0.000000433. The van der Waals surface area contributed by atoms with Crippen molar-refractivity contribution in [2.75, 3.05) is 18.1 Å². The second-order valence-corrected chi connectivity index (χ2v) is 11.8. The highest BCUT2D eigenvalue weighted by Gasteiger charge is 2.28. The van der Waals surface area contributed by atoms with E-state index in [-0.39, 0.29) is 12.0 Å². The summed E-state index contributed by atoms with van der Waals surface area (Å²) in [5, 5.41) is 8.05. The van der Waals surface area contributed by atoms with Gasteiger partial charge in [-0.05, 0) is 91.3 Å². The highest BCUT2D eigenvalue weighted by molar-refractivity contribution is 7.85. The molecule has 2 aliphatic heterocycles. The number of para-hydroxylation sites is 1. The summed E-state index contributed by atoms with van der Waals surface area (Å²) in [6, 6.07) is 20.5. The molecule has 200 valence electrons. The standard InChI is InChI=1S/C27H28O4S.C4H6O2/c1-19-15-24(31-23-10-13-32(28)14-11-23)17-21-9-12-29-26-8-7-20(16-25(26)27(19)21)18-30-22-5-3-2-4-6-22;5-4(6)3-1-2-3/h2-8,15-17,23H,9-14,18H2,1H3;3H,1-2H2,(H,5,6). The Morgan fingerprint density at radius 1 is 1.00 bits per heavy atom. The first kappa shape index (κ1) is 26.3. The smallest absolute Gasteiger partial charge is 0.306 e. The van der Waals surface area contributed by atoms with E-state index < -0.39 is 16.8 Å². The van der Waals surface area contributed by atoms with Crippen LogP contribution < -0.4 is 14.2 Å². The third-order valence-electron chi connectivity index (χ3n) is 7.05. The third-order valence-corrected chi connectivity index (χ3v) is 8.43. The Kier molecular flexibility index (Phi) is 8.32. The average molecular weight is 535 g/mol. The largest absolute Gasteiger partial charge is 0.493 e. The Bertz CT molecular complexity index is 1290. The van der Waals surface area contributed by atoms with Crippen LogP contribution in [-0.2, 0) is 28.6 Å². The summed E-state index contributed by atoms with van der Waals surface area (Å²) >= 11 is 0. The Morgan fingerprint density at radius 3 is 2.45 bits per heavy atom. The van der Waals surface area contributed by atoms with Gasteiger partial charge in [0.25, 0.3) is 0 Å². The van der Waals surface area contributed by atoms with Crippen LogP contribution in [0.3, 0.4) is 0 Å². The zero-order valence-electron chi connectivity index (χ0n) is 21.7. The molecule has 0 spiro atoms. The lowest BCUT2D eigenvalue weighted by molar-refractivity contribution is -0.138. The molecule has 1 saturated heterocycles. The molecule has 0 atom stereocenters. The van der Waals surface area contributed by atoms with Crippen molar-refractivity contribution in [3.63, 3.8) is 0 Å². The van der Waals surface area contributed by atoms with Crippen molar-refractivity contribution in [1.82, 2.24) is 0 Å². The minimum atomic E-state index is -0.676. The van der Waals surface area contributed by atoms with E-state index in [9.17, 15) is 9.00 Å². The van der Waals surface area contributed by atoms with Gasteiger partial charge < -0.3 is 19.3 Å². The number of ether oxygens (including phenoxy) is 3. The number of carboxylic acids is 1. The Morgan fingerprint density at radius 2 is 1.76 bits per heavy atom. The van der Waals surface area contributed by atoms with Crippen LogP contribution in [-0.4, -0.2) is 39.5 Å². The van der Waals surface area contributed by atoms with Crippen molar-refractivity contribution in [1.29, 1.82) is 0 Å². The molecule has 3 aromatic carbocycles. The number of carboxylic acid groups (broad SMARTS) is 1. The fourth-order valence-corrected chi connectivity index (χ4v) is 6.09. The van der Waals surface area contributed by atoms with Crippen LogP contribution >= 0.6 is 0 Å². The average Bonchev–Trinajstić information content (AvgIpc) is 3.77. The first-order chi connectivity index (χ1) is 18.5. The Labute approximate surface area is 226 Å². The summed E-state index contributed by atoms with van der Waals surface area (Å²) < 4.78 is 30.0. The number of carbonyl (C=O) groups is 1. The van der Waals surface area contributed by atoms with E-state index in [2.05, 4.69) is 37.3 Å². The van der Waals surface area contributed by atoms with E-state index in [4.69, 9.17) is 19.3 Å². The van der Waals surface area contributed by atoms with Gasteiger partial charge in [0.05, 0.1) is 12.5 Å². The molecule has 0 radical (unpaired) electrons. The van der Waals surface area contributed by atoms with Crippen LogP contribution in [0.5, 0.6) is 17.2 Å². The maximum absolute atomic E-state index is 11.6. The fraction of sp³-hybridized carbons (Fsp3) is 0.387. The summed E-state index contributed by atoms with van der Waals surface area (Å²) in [7, 11) is -0.676. The number of rotatable bonds is 6. The van der Waals surface area contributed by atoms with Crippen molar-refractivity contribution in [2.45, 2.75) is 51.7 Å². The minimum Gasteiger partial charge on any atom is -0.493 e. The maximum Gasteiger partial charge on any atom is 0.306 e. The first-order valence-corrected chi connectivity index (χ1v) is 14.8. The van der Waals surface area contributed by atoms with Gasteiger partial charge in [0.15, 0.2) is 0 Å². The molecule has 2 fully saturated rings. The molecule has 1 aliphatic carbocycles. The molecule has 3 aliphatic rings. The van der Waals surface area contributed by atoms with E-state index >= 15 is 0 Å². The number of hydrogen-bond donors (Lipinski definition) is 1. The molecule has 1 saturated carbocycles. The van der Waals surface area contributed by atoms with E-state index in [1.807, 2.05) is 30.3 Å². The van der Waals surface area contributed by atoms with E-state index in [0.29, 0.717) is 13.2 Å². The quantitative estimate of drug-likeness (QED) is 0.421. The summed E-state index contributed by atoms with van der Waals surface area (Å²) in [6.45, 7) is 3.30. The van der Waals surface area contributed by atoms with Crippen LogP contribution in [0.25, 0.3) is 11.1 Å². The zero-order valence-corrected chi connectivity index (χ0v) is 22.5. The molecule has 0 bridgehead atoms. The molecule has 0 amide bonds. The van der Waals surface area contributed by atoms with Crippen molar-refractivity contribution in [3.05, 3.63) is 77.4 Å². The molecular formula is C31H34O6S. The van der Waals surface area contributed by atoms with Crippen molar-refractivity contribution < 1.29 is 28.3 Å². The van der Waals surface area contributed by atoms with Gasteiger partial charge in [0.1, 0.15) is 30.0 Å². The molecule has 6 rings (SSSR count). The van der Waals surface area contributed by atoms with Gasteiger partial charge in [-0.1, -0.05) is 24.3 Å². The van der Waals surface area contributed by atoms with Crippen LogP contribution in [0.4, 0.5) is 0 Å². The fourth-order valence-electron chi connectivity index (χ4n) is 4.83. The molecule has 3 aromatic rings. The SMILES string of the molecule is Cc1cc(OC2CCS(=O)CC2)cc2c1-c1cc(COc3ccccc3)ccc1OCC2.O=C(O)C1CC1. The highest BCUT2D eigenvalue weighted by atomic mass is 32.2. The third kappa shape index (κ3) is 6.76. The molecule has 7 heteroatoms. The molecule has 2 heterocycles. The summed E-state index contributed by atoms with van der Waals surface area (Å²) in [4.78, 5) is 9.76. The maximum atomic E-state index is 11.6. The number of aliphatic carboxylic acids is 1. The van der Waals surface area contributed by atoms with Gasteiger partial charge >= 0.3 is 5.97 Å². The summed E-state index contributed by atoms with van der Waals surface area (Å²) in [6.07, 6.45) is 4.51. The Hall–Kier alpha value is -3.32. The first-order valence-electron chi connectivity index (χ1n) is 13.3. The molecule has 6 nitrogen and oxygen atoms in total. The summed E-state index contributed by atoms with van der Waals surface area (Å²) in [5.41, 5.74) is 5.89. The molecule has 0 aromatic heterocycles. The molecular weight excluding hydrogens is 500 g/mol. The van der Waals surface area contributed by atoms with E-state index in [0.717, 1.165) is 72.0 Å². The second-order valence-electron chi connectivity index (χ2n) is 10.1. The normalized spacial score (nSPS) is 19.9. The van der Waals surface area contributed by atoms with Gasteiger partial charge in [0, 0.05) is 34.3 Å². The van der Waals surface area contributed by atoms with Gasteiger partial charge in [0.2, 0.25) is 0 Å². The summed E-state index contributed by atoms with van der Waals surface area (Å²) in [5.74, 6) is 3.56. The number of aryl methyl sites for hydroxylation is 1. The van der Waals surface area contributed by atoms with Crippen molar-refractivity contribution in [3.8, 4) is 28.4 Å². The molecule has 0 unspecified atom stereocenters. The van der Waals surface area contributed by atoms with Crippen LogP contribution in [0.15, 0.2) is 60.7 Å². The van der Waals surface area contributed by atoms with E-state index in [1.165, 1.54) is 16.7 Å². The van der Waals surface area contributed by atoms with Crippen LogP contribution in [0.2, 0.25) is 0 Å². The predicted molar refractivity (Wildman–Crippen MR) is 148 cm³/mol. The highest BCUT2D eigenvalue weighted by Crippen LogP contribution is 2.40. The predicted octanol–water partition coefficient (Wildman–Crippen LogP) is 5.95. The number of hydrogen-bond acceptors (Lipinski definition) is 5. The second kappa shape index (κ2) is 12.0. The zero-order chi connectivity index (χ0) is 26.5. The number of benzene rings is 3. The molecule has 38 heavy (non-hydrogen) atoms. The monoisotopic (exact) mass is 534 g/mol. The van der Waals surface area contributed by atoms with Crippen LogP contribution in [0.1, 0.15) is 42.4 Å². The van der Waals surface area contributed by atoms with Gasteiger partial charge in [-0.3, -0.25) is 9.00 Å². The number of fused-ring (bicyclic) bond motifs is 3. The van der Waals surface area contributed by atoms with Crippen molar-refractivity contribution in [2.24, 2.45) is 5.92 Å². The van der Waals surface area contributed by atoms with Gasteiger partial charge in [-0.15, -0.1) is 0 Å². The van der Waals surface area contributed by atoms with E-state index in [1.54, 1.807) is 0 Å². The van der Waals surface area contributed by atoms with Crippen molar-refractivity contribution >= 4 is 16.8 Å². The molecule has 1 N–H and O–H groups in total. The van der Waals surface area contributed by atoms with Crippen LogP contribution in [0, 0.1) is 12.8 Å². The topological polar surface area (TPSA) is 82.1 Å². The lowest BCUT2D eigenvalue weighted by Gasteiger charge is -2.24.